The van der Waals surface area contributed by atoms with Crippen LogP contribution in [-0.2, 0) is 4.74 Å². The quantitative estimate of drug-likeness (QED) is 0.584. The standard InChI is InChI=1S/C15H22N2O2/c1-11-3-6-14(16)13(9-11)15(18)17-7-2-8-19-10-12-4-5-12/h3,6,9,12H,2,4-5,7-8,10,16H2,1H3,(H,17,18). The number of ether oxygens (including phenoxy) is 1. The Morgan fingerprint density at radius 1 is 1.47 bits per heavy atom. The molecule has 0 radical (unpaired) electrons. The van der Waals surface area contributed by atoms with Gasteiger partial charge in [0, 0.05) is 25.4 Å². The molecule has 0 bridgehead atoms. The SMILES string of the molecule is Cc1ccc(N)c(C(=O)NCCCOCC2CC2)c1. The smallest absolute Gasteiger partial charge is 0.253 e. The summed E-state index contributed by atoms with van der Waals surface area (Å²) in [5, 5.41) is 2.87. The van der Waals surface area contributed by atoms with Crippen LogP contribution in [0, 0.1) is 12.8 Å². The van der Waals surface area contributed by atoms with E-state index in [4.69, 9.17) is 10.5 Å². The Hall–Kier alpha value is -1.55. The van der Waals surface area contributed by atoms with Gasteiger partial charge in [-0.3, -0.25) is 4.79 Å². The Balaban J connectivity index is 1.66. The molecule has 0 saturated heterocycles. The van der Waals surface area contributed by atoms with Gasteiger partial charge in [0.25, 0.3) is 5.91 Å². The molecule has 0 heterocycles. The molecule has 4 heteroatoms. The van der Waals surface area contributed by atoms with Gasteiger partial charge in [-0.15, -0.1) is 0 Å². The van der Waals surface area contributed by atoms with Crippen LogP contribution in [0.1, 0.15) is 35.2 Å². The summed E-state index contributed by atoms with van der Waals surface area (Å²) in [5.74, 6) is 0.685. The zero-order valence-electron chi connectivity index (χ0n) is 11.4. The van der Waals surface area contributed by atoms with Gasteiger partial charge in [0.05, 0.1) is 5.56 Å². The van der Waals surface area contributed by atoms with Gasteiger partial charge in [0.2, 0.25) is 0 Å². The lowest BCUT2D eigenvalue weighted by Gasteiger charge is -2.08. The van der Waals surface area contributed by atoms with Gasteiger partial charge in [0.1, 0.15) is 0 Å². The van der Waals surface area contributed by atoms with E-state index in [1.54, 1.807) is 6.07 Å². The molecule has 0 aliphatic heterocycles. The third-order valence-corrected chi connectivity index (χ3v) is 3.25. The van der Waals surface area contributed by atoms with Gasteiger partial charge in [0.15, 0.2) is 0 Å². The average Bonchev–Trinajstić information content (AvgIpc) is 3.20. The first-order valence-corrected chi connectivity index (χ1v) is 6.89. The molecule has 0 spiro atoms. The predicted molar refractivity (Wildman–Crippen MR) is 76.1 cm³/mol. The lowest BCUT2D eigenvalue weighted by Crippen LogP contribution is -2.26. The largest absolute Gasteiger partial charge is 0.398 e. The minimum absolute atomic E-state index is 0.108. The molecule has 1 amide bonds. The van der Waals surface area contributed by atoms with Crippen molar-refractivity contribution in [3.63, 3.8) is 0 Å². The summed E-state index contributed by atoms with van der Waals surface area (Å²) in [6.07, 6.45) is 3.46. The molecule has 1 aromatic rings. The molecular weight excluding hydrogens is 240 g/mol. The minimum Gasteiger partial charge on any atom is -0.398 e. The summed E-state index contributed by atoms with van der Waals surface area (Å²) in [7, 11) is 0. The van der Waals surface area contributed by atoms with Crippen molar-refractivity contribution in [2.24, 2.45) is 5.92 Å². The highest BCUT2D eigenvalue weighted by Crippen LogP contribution is 2.28. The molecule has 2 rings (SSSR count). The number of hydrogen-bond acceptors (Lipinski definition) is 3. The van der Waals surface area contributed by atoms with E-state index in [0.29, 0.717) is 24.4 Å². The summed E-state index contributed by atoms with van der Waals surface area (Å²) in [6, 6.07) is 5.48. The first-order valence-electron chi connectivity index (χ1n) is 6.89. The molecule has 1 fully saturated rings. The van der Waals surface area contributed by atoms with Crippen LogP contribution in [0.25, 0.3) is 0 Å². The number of hydrogen-bond donors (Lipinski definition) is 2. The van der Waals surface area contributed by atoms with Gasteiger partial charge in [-0.2, -0.15) is 0 Å². The number of anilines is 1. The summed E-state index contributed by atoms with van der Waals surface area (Å²) in [6.45, 7) is 4.15. The zero-order valence-corrected chi connectivity index (χ0v) is 11.4. The van der Waals surface area contributed by atoms with Crippen LogP contribution < -0.4 is 11.1 Å². The van der Waals surface area contributed by atoms with Crippen molar-refractivity contribution in [1.82, 2.24) is 5.32 Å². The van der Waals surface area contributed by atoms with Gasteiger partial charge in [-0.1, -0.05) is 11.6 Å². The van der Waals surface area contributed by atoms with E-state index < -0.39 is 0 Å². The van der Waals surface area contributed by atoms with E-state index in [1.165, 1.54) is 12.8 Å². The molecule has 1 aliphatic rings. The maximum atomic E-state index is 11.9. The Labute approximate surface area is 114 Å². The van der Waals surface area contributed by atoms with Crippen LogP contribution >= 0.6 is 0 Å². The lowest BCUT2D eigenvalue weighted by atomic mass is 10.1. The van der Waals surface area contributed by atoms with Crippen molar-refractivity contribution in [1.29, 1.82) is 0 Å². The molecule has 0 atom stereocenters. The van der Waals surface area contributed by atoms with Crippen molar-refractivity contribution in [2.75, 3.05) is 25.5 Å². The van der Waals surface area contributed by atoms with Crippen molar-refractivity contribution >= 4 is 11.6 Å². The van der Waals surface area contributed by atoms with Crippen molar-refractivity contribution in [3.8, 4) is 0 Å². The van der Waals surface area contributed by atoms with E-state index in [-0.39, 0.29) is 5.91 Å². The molecule has 1 saturated carbocycles. The fraction of sp³-hybridized carbons (Fsp3) is 0.533. The van der Waals surface area contributed by atoms with Crippen molar-refractivity contribution in [3.05, 3.63) is 29.3 Å². The highest BCUT2D eigenvalue weighted by Gasteiger charge is 2.20. The fourth-order valence-electron chi connectivity index (χ4n) is 1.87. The normalized spacial score (nSPS) is 14.4. The maximum Gasteiger partial charge on any atom is 0.253 e. The van der Waals surface area contributed by atoms with E-state index in [2.05, 4.69) is 5.32 Å². The van der Waals surface area contributed by atoms with Crippen LogP contribution in [0.3, 0.4) is 0 Å². The van der Waals surface area contributed by atoms with Crippen LogP contribution in [-0.4, -0.2) is 25.7 Å². The number of amides is 1. The Morgan fingerprint density at radius 2 is 2.26 bits per heavy atom. The van der Waals surface area contributed by atoms with Crippen molar-refractivity contribution < 1.29 is 9.53 Å². The molecule has 19 heavy (non-hydrogen) atoms. The third-order valence-electron chi connectivity index (χ3n) is 3.25. The number of aryl methyl sites for hydroxylation is 1. The predicted octanol–water partition coefficient (Wildman–Crippen LogP) is 2.12. The van der Waals surface area contributed by atoms with E-state index >= 15 is 0 Å². The fourth-order valence-corrected chi connectivity index (χ4v) is 1.87. The molecular formula is C15H22N2O2. The first kappa shape index (κ1) is 13.9. The second kappa shape index (κ2) is 6.57. The Morgan fingerprint density at radius 3 is 3.00 bits per heavy atom. The first-order chi connectivity index (χ1) is 9.16. The van der Waals surface area contributed by atoms with Crippen LogP contribution in [0.15, 0.2) is 18.2 Å². The van der Waals surface area contributed by atoms with E-state index in [0.717, 1.165) is 24.5 Å². The van der Waals surface area contributed by atoms with E-state index in [1.807, 2.05) is 19.1 Å². The zero-order chi connectivity index (χ0) is 13.7. The van der Waals surface area contributed by atoms with Crippen LogP contribution in [0.4, 0.5) is 5.69 Å². The average molecular weight is 262 g/mol. The van der Waals surface area contributed by atoms with Gasteiger partial charge in [-0.05, 0) is 44.2 Å². The molecule has 4 nitrogen and oxygen atoms in total. The Kier molecular flexibility index (Phi) is 4.80. The highest BCUT2D eigenvalue weighted by molar-refractivity contribution is 5.99. The summed E-state index contributed by atoms with van der Waals surface area (Å²) in [4.78, 5) is 11.9. The number of benzene rings is 1. The number of rotatable bonds is 7. The molecule has 0 unspecified atom stereocenters. The number of nitrogen functional groups attached to an aromatic ring is 1. The van der Waals surface area contributed by atoms with E-state index in [9.17, 15) is 4.79 Å². The summed E-state index contributed by atoms with van der Waals surface area (Å²) >= 11 is 0. The van der Waals surface area contributed by atoms with Crippen molar-refractivity contribution in [2.45, 2.75) is 26.2 Å². The van der Waals surface area contributed by atoms with Gasteiger partial charge in [-0.25, -0.2) is 0 Å². The van der Waals surface area contributed by atoms with Crippen LogP contribution in [0.5, 0.6) is 0 Å². The molecule has 1 aromatic carbocycles. The lowest BCUT2D eigenvalue weighted by molar-refractivity contribution is 0.0938. The molecule has 3 N–H and O–H groups in total. The number of carbonyl (C=O) groups excluding carboxylic acids is 1. The number of carbonyl (C=O) groups is 1. The van der Waals surface area contributed by atoms with Crippen LogP contribution in [0.2, 0.25) is 0 Å². The maximum absolute atomic E-state index is 11.9. The monoisotopic (exact) mass is 262 g/mol. The molecule has 104 valence electrons. The third kappa shape index (κ3) is 4.56. The minimum atomic E-state index is -0.108. The topological polar surface area (TPSA) is 64.4 Å². The summed E-state index contributed by atoms with van der Waals surface area (Å²) in [5.41, 5.74) is 7.91. The molecule has 0 aromatic heterocycles. The summed E-state index contributed by atoms with van der Waals surface area (Å²) < 4.78 is 5.51. The Bertz CT molecular complexity index is 442. The number of nitrogens with one attached hydrogen (secondary N) is 1. The second-order valence-corrected chi connectivity index (χ2v) is 5.22. The number of nitrogens with two attached hydrogens (primary N) is 1. The van der Waals surface area contributed by atoms with Gasteiger partial charge < -0.3 is 15.8 Å². The highest BCUT2D eigenvalue weighted by atomic mass is 16.5. The second-order valence-electron chi connectivity index (χ2n) is 5.22. The van der Waals surface area contributed by atoms with Gasteiger partial charge >= 0.3 is 0 Å². The molecule has 1 aliphatic carbocycles.